The van der Waals surface area contributed by atoms with Gasteiger partial charge in [0, 0.05) is 12.1 Å². The van der Waals surface area contributed by atoms with Crippen LogP contribution in [0, 0.1) is 6.92 Å². The third kappa shape index (κ3) is 4.02. The number of hydrogen-bond donors (Lipinski definition) is 2. The summed E-state index contributed by atoms with van der Waals surface area (Å²) in [5.41, 5.74) is 5.49. The van der Waals surface area contributed by atoms with Crippen molar-refractivity contribution in [2.45, 2.75) is 33.2 Å². The molecule has 1 heterocycles. The molecule has 0 spiro atoms. The highest BCUT2D eigenvalue weighted by atomic mass is 16.5. The molecule has 1 rings (SSSR count). The molecule has 1 aromatic rings. The fraction of sp³-hybridized carbons (Fsp3) is 0.636. The SMILES string of the molecule is CCOc1cc(NC(C)CCN)nc(C)n1. The Morgan fingerprint density at radius 2 is 2.25 bits per heavy atom. The maximum Gasteiger partial charge on any atom is 0.218 e. The molecule has 5 heteroatoms. The van der Waals surface area contributed by atoms with Crippen molar-refractivity contribution in [3.05, 3.63) is 11.9 Å². The Labute approximate surface area is 96.4 Å². The number of aryl methyl sites for hydroxylation is 1. The summed E-state index contributed by atoms with van der Waals surface area (Å²) in [6, 6.07) is 2.11. The first-order valence-corrected chi connectivity index (χ1v) is 5.60. The third-order valence-electron chi connectivity index (χ3n) is 2.10. The van der Waals surface area contributed by atoms with Crippen LogP contribution in [0.3, 0.4) is 0 Å². The molecule has 1 atom stereocenters. The Morgan fingerprint density at radius 3 is 2.88 bits per heavy atom. The van der Waals surface area contributed by atoms with E-state index in [0.29, 0.717) is 30.9 Å². The van der Waals surface area contributed by atoms with Crippen molar-refractivity contribution >= 4 is 5.82 Å². The van der Waals surface area contributed by atoms with Crippen molar-refractivity contribution in [1.29, 1.82) is 0 Å². The quantitative estimate of drug-likeness (QED) is 0.762. The van der Waals surface area contributed by atoms with Gasteiger partial charge in [-0.15, -0.1) is 0 Å². The van der Waals surface area contributed by atoms with Gasteiger partial charge in [-0.2, -0.15) is 4.98 Å². The minimum absolute atomic E-state index is 0.300. The van der Waals surface area contributed by atoms with Crippen LogP contribution in [-0.2, 0) is 0 Å². The molecule has 0 saturated carbocycles. The van der Waals surface area contributed by atoms with Crippen molar-refractivity contribution in [3.8, 4) is 5.88 Å². The van der Waals surface area contributed by atoms with E-state index in [9.17, 15) is 0 Å². The number of hydrogen-bond acceptors (Lipinski definition) is 5. The van der Waals surface area contributed by atoms with E-state index in [1.54, 1.807) is 0 Å². The summed E-state index contributed by atoms with van der Waals surface area (Å²) < 4.78 is 5.35. The van der Waals surface area contributed by atoms with E-state index >= 15 is 0 Å². The number of aromatic nitrogens is 2. The lowest BCUT2D eigenvalue weighted by molar-refractivity contribution is 0.325. The zero-order valence-electron chi connectivity index (χ0n) is 10.2. The lowest BCUT2D eigenvalue weighted by Crippen LogP contribution is -2.20. The molecule has 90 valence electrons. The van der Waals surface area contributed by atoms with Crippen molar-refractivity contribution in [1.82, 2.24) is 9.97 Å². The summed E-state index contributed by atoms with van der Waals surface area (Å²) in [7, 11) is 0. The molecule has 0 amide bonds. The molecule has 0 aliphatic carbocycles. The highest BCUT2D eigenvalue weighted by molar-refractivity contribution is 5.39. The lowest BCUT2D eigenvalue weighted by atomic mass is 10.2. The predicted octanol–water partition coefficient (Wildman–Crippen LogP) is 1.33. The second-order valence-corrected chi connectivity index (χ2v) is 3.69. The summed E-state index contributed by atoms with van der Waals surface area (Å²) >= 11 is 0. The average Bonchev–Trinajstić information content (AvgIpc) is 2.17. The first kappa shape index (κ1) is 12.7. The Kier molecular flexibility index (Phi) is 4.98. The van der Waals surface area contributed by atoms with Crippen LogP contribution < -0.4 is 15.8 Å². The number of anilines is 1. The molecule has 0 radical (unpaired) electrons. The van der Waals surface area contributed by atoms with Crippen LogP contribution in [0.2, 0.25) is 0 Å². The molecule has 0 aliphatic rings. The van der Waals surface area contributed by atoms with Gasteiger partial charge in [-0.05, 0) is 33.7 Å². The van der Waals surface area contributed by atoms with Crippen LogP contribution in [0.1, 0.15) is 26.1 Å². The fourth-order valence-electron chi connectivity index (χ4n) is 1.41. The molecular weight excluding hydrogens is 204 g/mol. The van der Waals surface area contributed by atoms with Gasteiger partial charge in [-0.3, -0.25) is 0 Å². The summed E-state index contributed by atoms with van der Waals surface area (Å²) in [6.45, 7) is 7.12. The monoisotopic (exact) mass is 224 g/mol. The zero-order valence-corrected chi connectivity index (χ0v) is 10.2. The Morgan fingerprint density at radius 1 is 1.50 bits per heavy atom. The molecule has 1 aromatic heterocycles. The summed E-state index contributed by atoms with van der Waals surface area (Å²) in [5, 5.41) is 3.27. The van der Waals surface area contributed by atoms with E-state index in [1.807, 2.05) is 19.9 Å². The number of nitrogens with one attached hydrogen (secondary N) is 1. The van der Waals surface area contributed by atoms with Crippen molar-refractivity contribution in [2.75, 3.05) is 18.5 Å². The Balaban J connectivity index is 2.71. The van der Waals surface area contributed by atoms with Crippen molar-refractivity contribution < 1.29 is 4.74 Å². The second kappa shape index (κ2) is 6.27. The maximum absolute atomic E-state index is 5.49. The van der Waals surface area contributed by atoms with Gasteiger partial charge in [0.25, 0.3) is 0 Å². The summed E-state index contributed by atoms with van der Waals surface area (Å²) in [6.07, 6.45) is 0.910. The number of rotatable bonds is 6. The van der Waals surface area contributed by atoms with Gasteiger partial charge in [-0.1, -0.05) is 0 Å². The standard InChI is InChI=1S/C11H20N4O/c1-4-16-11-7-10(14-9(3)15-11)13-8(2)5-6-12/h7-8H,4-6,12H2,1-3H3,(H,13,14,15). The van der Waals surface area contributed by atoms with Gasteiger partial charge in [-0.25, -0.2) is 4.98 Å². The average molecular weight is 224 g/mol. The normalized spacial score (nSPS) is 12.2. The van der Waals surface area contributed by atoms with Gasteiger partial charge in [0.1, 0.15) is 11.6 Å². The number of ether oxygens (including phenoxy) is 1. The molecule has 0 aliphatic heterocycles. The van der Waals surface area contributed by atoms with Gasteiger partial charge < -0.3 is 15.8 Å². The molecule has 3 N–H and O–H groups in total. The first-order chi connectivity index (χ1) is 7.65. The lowest BCUT2D eigenvalue weighted by Gasteiger charge is -2.14. The predicted molar refractivity (Wildman–Crippen MR) is 64.7 cm³/mol. The first-order valence-electron chi connectivity index (χ1n) is 5.60. The molecule has 0 saturated heterocycles. The number of nitrogens with two attached hydrogens (primary N) is 1. The Hall–Kier alpha value is -1.36. The van der Waals surface area contributed by atoms with Crippen LogP contribution >= 0.6 is 0 Å². The van der Waals surface area contributed by atoms with Crippen molar-refractivity contribution in [3.63, 3.8) is 0 Å². The minimum Gasteiger partial charge on any atom is -0.478 e. The van der Waals surface area contributed by atoms with Gasteiger partial charge in [0.2, 0.25) is 5.88 Å². The van der Waals surface area contributed by atoms with E-state index in [2.05, 4.69) is 22.2 Å². The molecule has 0 fully saturated rings. The van der Waals surface area contributed by atoms with Gasteiger partial charge in [0.05, 0.1) is 6.61 Å². The fourth-order valence-corrected chi connectivity index (χ4v) is 1.41. The van der Waals surface area contributed by atoms with E-state index in [1.165, 1.54) is 0 Å². The highest BCUT2D eigenvalue weighted by Crippen LogP contribution is 2.14. The maximum atomic E-state index is 5.49. The van der Waals surface area contributed by atoms with Crippen LogP contribution in [0.25, 0.3) is 0 Å². The summed E-state index contributed by atoms with van der Waals surface area (Å²) in [5.74, 6) is 2.10. The van der Waals surface area contributed by atoms with Gasteiger partial charge >= 0.3 is 0 Å². The van der Waals surface area contributed by atoms with E-state index < -0.39 is 0 Å². The molecule has 0 bridgehead atoms. The molecule has 16 heavy (non-hydrogen) atoms. The van der Waals surface area contributed by atoms with Crippen LogP contribution in [0.4, 0.5) is 5.82 Å². The van der Waals surface area contributed by atoms with E-state index in [-0.39, 0.29) is 0 Å². The molecule has 5 nitrogen and oxygen atoms in total. The van der Waals surface area contributed by atoms with Crippen molar-refractivity contribution in [2.24, 2.45) is 5.73 Å². The van der Waals surface area contributed by atoms with Crippen LogP contribution in [0.15, 0.2) is 6.07 Å². The zero-order chi connectivity index (χ0) is 12.0. The van der Waals surface area contributed by atoms with E-state index in [4.69, 9.17) is 10.5 Å². The smallest absolute Gasteiger partial charge is 0.218 e. The molecule has 0 aromatic carbocycles. The largest absolute Gasteiger partial charge is 0.478 e. The minimum atomic E-state index is 0.300. The highest BCUT2D eigenvalue weighted by Gasteiger charge is 2.05. The van der Waals surface area contributed by atoms with Crippen LogP contribution in [-0.4, -0.2) is 29.2 Å². The molecule has 1 unspecified atom stereocenters. The van der Waals surface area contributed by atoms with Crippen LogP contribution in [0.5, 0.6) is 5.88 Å². The molecular formula is C11H20N4O. The topological polar surface area (TPSA) is 73.1 Å². The second-order valence-electron chi connectivity index (χ2n) is 3.69. The van der Waals surface area contributed by atoms with E-state index in [0.717, 1.165) is 12.2 Å². The Bertz CT molecular complexity index is 330. The number of nitrogens with zero attached hydrogens (tertiary/aromatic N) is 2. The summed E-state index contributed by atoms with van der Waals surface area (Å²) in [4.78, 5) is 8.47. The third-order valence-corrected chi connectivity index (χ3v) is 2.10. The van der Waals surface area contributed by atoms with Gasteiger partial charge in [0.15, 0.2) is 0 Å².